The molecule has 1 aromatic rings. The van der Waals surface area contributed by atoms with Crippen molar-refractivity contribution in [1.82, 2.24) is 0 Å². The first-order valence-corrected chi connectivity index (χ1v) is 4.50. The first kappa shape index (κ1) is 9.80. The Labute approximate surface area is 80.0 Å². The van der Waals surface area contributed by atoms with Crippen molar-refractivity contribution in [3.8, 4) is 6.07 Å². The van der Waals surface area contributed by atoms with E-state index in [0.29, 0.717) is 0 Å². The highest BCUT2D eigenvalue weighted by atomic mass is 14.3. The zero-order valence-electron chi connectivity index (χ0n) is 8.41. The van der Waals surface area contributed by atoms with Gasteiger partial charge in [-0.2, -0.15) is 5.26 Å². The fourth-order valence-corrected chi connectivity index (χ4v) is 1.41. The van der Waals surface area contributed by atoms with E-state index in [9.17, 15) is 0 Å². The van der Waals surface area contributed by atoms with Gasteiger partial charge in [0.1, 0.15) is 0 Å². The SMILES string of the molecule is CC(C)(C)[C@H](C#N)c1ccccc1. The van der Waals surface area contributed by atoms with Crippen molar-refractivity contribution in [3.63, 3.8) is 0 Å². The molecule has 0 bridgehead atoms. The first-order chi connectivity index (χ1) is 6.05. The Kier molecular flexibility index (Phi) is 2.72. The van der Waals surface area contributed by atoms with Crippen LogP contribution in [0.2, 0.25) is 0 Å². The lowest BCUT2D eigenvalue weighted by molar-refractivity contribution is 0.373. The van der Waals surface area contributed by atoms with Crippen LogP contribution >= 0.6 is 0 Å². The van der Waals surface area contributed by atoms with Crippen LogP contribution < -0.4 is 0 Å². The minimum atomic E-state index is -0.0197. The van der Waals surface area contributed by atoms with E-state index in [1.807, 2.05) is 30.3 Å². The summed E-state index contributed by atoms with van der Waals surface area (Å²) >= 11 is 0. The maximum Gasteiger partial charge on any atom is 0.0761 e. The van der Waals surface area contributed by atoms with E-state index >= 15 is 0 Å². The van der Waals surface area contributed by atoms with E-state index in [2.05, 4.69) is 26.8 Å². The number of benzene rings is 1. The van der Waals surface area contributed by atoms with Crippen LogP contribution in [0.1, 0.15) is 32.3 Å². The number of nitrogens with zero attached hydrogens (tertiary/aromatic N) is 1. The maximum absolute atomic E-state index is 9.07. The zero-order valence-corrected chi connectivity index (χ0v) is 8.41. The van der Waals surface area contributed by atoms with Gasteiger partial charge in [0.05, 0.1) is 12.0 Å². The lowest BCUT2D eigenvalue weighted by atomic mass is 9.77. The molecule has 0 radical (unpaired) electrons. The Bertz CT molecular complexity index is 300. The smallest absolute Gasteiger partial charge is 0.0761 e. The maximum atomic E-state index is 9.07. The molecule has 0 heterocycles. The minimum absolute atomic E-state index is 0.0100. The van der Waals surface area contributed by atoms with Crippen molar-refractivity contribution in [2.24, 2.45) is 5.41 Å². The van der Waals surface area contributed by atoms with Gasteiger partial charge in [0.15, 0.2) is 0 Å². The molecule has 0 amide bonds. The number of hydrogen-bond acceptors (Lipinski definition) is 1. The summed E-state index contributed by atoms with van der Waals surface area (Å²) in [6.07, 6.45) is 0. The van der Waals surface area contributed by atoms with E-state index in [-0.39, 0.29) is 11.3 Å². The molecule has 0 aliphatic heterocycles. The molecular formula is C12H15N. The average Bonchev–Trinajstić information content (AvgIpc) is 2.05. The monoisotopic (exact) mass is 173 g/mol. The van der Waals surface area contributed by atoms with E-state index in [1.165, 1.54) is 0 Å². The molecule has 0 saturated carbocycles. The van der Waals surface area contributed by atoms with Crippen LogP contribution in [-0.2, 0) is 0 Å². The fraction of sp³-hybridized carbons (Fsp3) is 0.417. The van der Waals surface area contributed by atoms with Crippen LogP contribution in [-0.4, -0.2) is 0 Å². The van der Waals surface area contributed by atoms with Gasteiger partial charge in [0.2, 0.25) is 0 Å². The number of hydrogen-bond donors (Lipinski definition) is 0. The largest absolute Gasteiger partial charge is 0.198 e. The molecular weight excluding hydrogens is 158 g/mol. The third-order valence-electron chi connectivity index (χ3n) is 2.13. The molecule has 1 aromatic carbocycles. The van der Waals surface area contributed by atoms with Gasteiger partial charge in [-0.15, -0.1) is 0 Å². The van der Waals surface area contributed by atoms with Gasteiger partial charge in [-0.05, 0) is 11.0 Å². The standard InChI is InChI=1S/C12H15N/c1-12(2,3)11(9-13)10-7-5-4-6-8-10/h4-8,11H,1-3H3/t11-/m1/s1. The van der Waals surface area contributed by atoms with Crippen LogP contribution in [0.5, 0.6) is 0 Å². The number of nitriles is 1. The minimum Gasteiger partial charge on any atom is -0.198 e. The Morgan fingerprint density at radius 3 is 2.08 bits per heavy atom. The van der Waals surface area contributed by atoms with Gasteiger partial charge in [-0.25, -0.2) is 0 Å². The van der Waals surface area contributed by atoms with Crippen LogP contribution in [0.25, 0.3) is 0 Å². The Morgan fingerprint density at radius 2 is 1.69 bits per heavy atom. The van der Waals surface area contributed by atoms with E-state index in [4.69, 9.17) is 5.26 Å². The van der Waals surface area contributed by atoms with Crippen molar-refractivity contribution in [2.75, 3.05) is 0 Å². The molecule has 1 rings (SSSR count). The molecule has 1 heteroatoms. The fourth-order valence-electron chi connectivity index (χ4n) is 1.41. The summed E-state index contributed by atoms with van der Waals surface area (Å²) in [7, 11) is 0. The Hall–Kier alpha value is -1.29. The summed E-state index contributed by atoms with van der Waals surface area (Å²) in [5, 5.41) is 9.07. The molecule has 0 saturated heterocycles. The van der Waals surface area contributed by atoms with E-state index < -0.39 is 0 Å². The van der Waals surface area contributed by atoms with Crippen molar-refractivity contribution in [2.45, 2.75) is 26.7 Å². The molecule has 0 unspecified atom stereocenters. The second kappa shape index (κ2) is 3.62. The summed E-state index contributed by atoms with van der Waals surface area (Å²) in [5.41, 5.74) is 1.12. The predicted molar refractivity (Wildman–Crippen MR) is 54.3 cm³/mol. The van der Waals surface area contributed by atoms with Crippen molar-refractivity contribution < 1.29 is 0 Å². The molecule has 1 nitrogen and oxygen atoms in total. The lowest BCUT2D eigenvalue weighted by Gasteiger charge is -2.24. The molecule has 0 N–H and O–H groups in total. The molecule has 1 atom stereocenters. The highest BCUT2D eigenvalue weighted by Gasteiger charge is 2.25. The molecule has 0 aliphatic carbocycles. The predicted octanol–water partition coefficient (Wildman–Crippen LogP) is 3.34. The summed E-state index contributed by atoms with van der Waals surface area (Å²) in [4.78, 5) is 0. The molecule has 0 fully saturated rings. The second-order valence-corrected chi connectivity index (χ2v) is 4.34. The average molecular weight is 173 g/mol. The molecule has 0 aromatic heterocycles. The van der Waals surface area contributed by atoms with E-state index in [1.54, 1.807) is 0 Å². The molecule has 0 aliphatic rings. The van der Waals surface area contributed by atoms with Gasteiger partial charge in [-0.3, -0.25) is 0 Å². The molecule has 68 valence electrons. The van der Waals surface area contributed by atoms with Crippen LogP contribution in [0.4, 0.5) is 0 Å². The molecule has 0 spiro atoms. The van der Waals surface area contributed by atoms with E-state index in [0.717, 1.165) is 5.56 Å². The van der Waals surface area contributed by atoms with Crippen molar-refractivity contribution >= 4 is 0 Å². The second-order valence-electron chi connectivity index (χ2n) is 4.34. The van der Waals surface area contributed by atoms with Crippen LogP contribution in [0.3, 0.4) is 0 Å². The van der Waals surface area contributed by atoms with Crippen molar-refractivity contribution in [3.05, 3.63) is 35.9 Å². The topological polar surface area (TPSA) is 23.8 Å². The quantitative estimate of drug-likeness (QED) is 0.639. The van der Waals surface area contributed by atoms with Gasteiger partial charge in [0, 0.05) is 0 Å². The number of rotatable bonds is 1. The highest BCUT2D eigenvalue weighted by Crippen LogP contribution is 2.33. The van der Waals surface area contributed by atoms with Gasteiger partial charge < -0.3 is 0 Å². The third kappa shape index (κ3) is 2.32. The van der Waals surface area contributed by atoms with Crippen molar-refractivity contribution in [1.29, 1.82) is 5.26 Å². The van der Waals surface area contributed by atoms with Gasteiger partial charge in [0.25, 0.3) is 0 Å². The summed E-state index contributed by atoms with van der Waals surface area (Å²) in [6.45, 7) is 6.27. The lowest BCUT2D eigenvalue weighted by Crippen LogP contribution is -2.16. The Morgan fingerprint density at radius 1 is 1.15 bits per heavy atom. The summed E-state index contributed by atoms with van der Waals surface area (Å²) in [6, 6.07) is 12.3. The zero-order chi connectivity index (χ0) is 9.90. The molecule has 13 heavy (non-hydrogen) atoms. The third-order valence-corrected chi connectivity index (χ3v) is 2.13. The normalized spacial score (nSPS) is 13.4. The van der Waals surface area contributed by atoms with Crippen LogP contribution in [0, 0.1) is 16.7 Å². The summed E-state index contributed by atoms with van der Waals surface area (Å²) < 4.78 is 0. The van der Waals surface area contributed by atoms with Gasteiger partial charge in [-0.1, -0.05) is 51.1 Å². The highest BCUT2D eigenvalue weighted by molar-refractivity contribution is 5.26. The first-order valence-electron chi connectivity index (χ1n) is 4.50. The van der Waals surface area contributed by atoms with Gasteiger partial charge >= 0.3 is 0 Å². The Balaban J connectivity index is 3.01. The van der Waals surface area contributed by atoms with Crippen LogP contribution in [0.15, 0.2) is 30.3 Å². The summed E-state index contributed by atoms with van der Waals surface area (Å²) in [5.74, 6) is -0.0197.